The molecule has 4 aromatic rings. The van der Waals surface area contributed by atoms with Gasteiger partial charge >= 0.3 is 0 Å². The number of aryl methyl sites for hydroxylation is 2. The minimum Gasteiger partial charge on any atom is -0.496 e. The number of hydrogen-bond acceptors (Lipinski definition) is 6. The number of benzene rings is 2. The molecule has 9 heteroatoms. The van der Waals surface area contributed by atoms with Crippen molar-refractivity contribution >= 4 is 11.6 Å². The minimum absolute atomic E-state index is 0.189. The van der Waals surface area contributed by atoms with Crippen LogP contribution in [-0.2, 0) is 19.0 Å². The summed E-state index contributed by atoms with van der Waals surface area (Å²) in [6, 6.07) is 9.54. The van der Waals surface area contributed by atoms with Crippen LogP contribution in [0.15, 0.2) is 54.5 Å². The molecule has 0 bridgehead atoms. The normalized spacial score (nSPS) is 11.3. The number of allylic oxidation sites excluding steroid dienone is 1. The first-order chi connectivity index (χ1) is 18.9. The molecule has 0 aliphatic heterocycles. The maximum Gasteiger partial charge on any atom is 0.255 e. The van der Waals surface area contributed by atoms with Gasteiger partial charge in [0.1, 0.15) is 11.4 Å². The lowest BCUT2D eigenvalue weighted by Crippen LogP contribution is -2.18. The highest BCUT2D eigenvalue weighted by atomic mass is 16.5. The number of nitrogens with one attached hydrogen (secondary N) is 2. The molecule has 210 valence electrons. The number of carbonyl (C=O) groups excluding carboxylic acids is 1. The van der Waals surface area contributed by atoms with E-state index in [9.17, 15) is 4.79 Å². The molecular formula is C31H39N7O2. The molecule has 0 unspecified atom stereocenters. The topological polar surface area (TPSA) is 98.9 Å². The van der Waals surface area contributed by atoms with E-state index in [0.717, 1.165) is 45.1 Å². The van der Waals surface area contributed by atoms with E-state index in [2.05, 4.69) is 46.8 Å². The maximum atomic E-state index is 13.5. The summed E-state index contributed by atoms with van der Waals surface area (Å²) in [5.74, 6) is 0.613. The first-order valence-corrected chi connectivity index (χ1v) is 13.3. The number of anilines is 1. The summed E-state index contributed by atoms with van der Waals surface area (Å²) in [7, 11) is 3.58. The molecule has 9 nitrogen and oxygen atoms in total. The molecule has 0 atom stereocenters. The van der Waals surface area contributed by atoms with Crippen LogP contribution in [0.5, 0.6) is 5.75 Å². The molecule has 2 aromatic carbocycles. The van der Waals surface area contributed by atoms with Gasteiger partial charge in [0.05, 0.1) is 25.2 Å². The first kappa shape index (κ1) is 28.6. The Bertz CT molecular complexity index is 1570. The van der Waals surface area contributed by atoms with Gasteiger partial charge in [0.2, 0.25) is 0 Å². The van der Waals surface area contributed by atoms with Crippen LogP contribution in [0, 0.1) is 13.8 Å². The molecule has 0 saturated heterocycles. The van der Waals surface area contributed by atoms with E-state index in [1.807, 2.05) is 77.5 Å². The average Bonchev–Trinajstić information content (AvgIpc) is 3.50. The zero-order valence-corrected chi connectivity index (χ0v) is 24.9. The molecule has 0 radical (unpaired) electrons. The number of nitrogens with zero attached hydrogens (tertiary/aromatic N) is 5. The van der Waals surface area contributed by atoms with Crippen LogP contribution in [-0.4, -0.2) is 37.8 Å². The number of rotatable bonds is 8. The second kappa shape index (κ2) is 11.4. The standard InChI is InChI=1S/C31H39N7O2/c1-19(2)15-32-16-23-12-24(14-26(29(23)40-9)31(5,6)7)34-30(39)22-11-10-20(3)28(13-22)38-18-27(35-36-38)25-17-33-37(8)21(25)4/h10-15,17-18,32H,16H2,1-9H3,(H,34,39). The van der Waals surface area contributed by atoms with Gasteiger partial charge in [-0.2, -0.15) is 5.10 Å². The highest BCUT2D eigenvalue weighted by Crippen LogP contribution is 2.37. The van der Waals surface area contributed by atoms with E-state index in [-0.39, 0.29) is 11.3 Å². The predicted octanol–water partition coefficient (Wildman–Crippen LogP) is 5.86. The predicted molar refractivity (Wildman–Crippen MR) is 159 cm³/mol. The van der Waals surface area contributed by atoms with Gasteiger partial charge in [0, 0.05) is 47.2 Å². The number of carbonyl (C=O) groups is 1. The van der Waals surface area contributed by atoms with Crippen LogP contribution in [0.25, 0.3) is 16.9 Å². The van der Waals surface area contributed by atoms with Crippen molar-refractivity contribution in [2.75, 3.05) is 12.4 Å². The van der Waals surface area contributed by atoms with Gasteiger partial charge in [-0.25, -0.2) is 4.68 Å². The van der Waals surface area contributed by atoms with E-state index >= 15 is 0 Å². The molecule has 0 aliphatic carbocycles. The molecule has 0 spiro atoms. The van der Waals surface area contributed by atoms with Crippen molar-refractivity contribution in [2.24, 2.45) is 7.05 Å². The van der Waals surface area contributed by atoms with Gasteiger partial charge in [-0.1, -0.05) is 37.6 Å². The third-order valence-electron chi connectivity index (χ3n) is 6.84. The van der Waals surface area contributed by atoms with Gasteiger partial charge in [-0.05, 0) is 69.1 Å². The Morgan fingerprint density at radius 1 is 1.12 bits per heavy atom. The Morgan fingerprint density at radius 2 is 1.88 bits per heavy atom. The average molecular weight is 542 g/mol. The zero-order chi connectivity index (χ0) is 29.2. The fourth-order valence-electron chi connectivity index (χ4n) is 4.51. The van der Waals surface area contributed by atoms with E-state index in [0.29, 0.717) is 17.8 Å². The summed E-state index contributed by atoms with van der Waals surface area (Å²) in [6.45, 7) is 15.0. The van der Waals surface area contributed by atoms with Crippen LogP contribution in [0.2, 0.25) is 0 Å². The van der Waals surface area contributed by atoms with Crippen molar-refractivity contribution in [3.8, 4) is 22.7 Å². The van der Waals surface area contributed by atoms with Crippen LogP contribution in [0.4, 0.5) is 5.69 Å². The van der Waals surface area contributed by atoms with E-state index < -0.39 is 0 Å². The first-order valence-electron chi connectivity index (χ1n) is 13.3. The van der Waals surface area contributed by atoms with Gasteiger partial charge in [-0.15, -0.1) is 5.10 Å². The highest BCUT2D eigenvalue weighted by molar-refractivity contribution is 6.04. The van der Waals surface area contributed by atoms with Gasteiger partial charge in [0.25, 0.3) is 5.91 Å². The number of amides is 1. The fourth-order valence-corrected chi connectivity index (χ4v) is 4.51. The summed E-state index contributed by atoms with van der Waals surface area (Å²) in [6.07, 6.45) is 5.61. The molecule has 2 N–H and O–H groups in total. The summed E-state index contributed by atoms with van der Waals surface area (Å²) in [4.78, 5) is 13.5. The number of methoxy groups -OCH3 is 1. The Kier molecular flexibility index (Phi) is 8.13. The molecule has 2 aromatic heterocycles. The molecule has 0 aliphatic rings. The summed E-state index contributed by atoms with van der Waals surface area (Å²) < 4.78 is 9.34. The molecule has 40 heavy (non-hydrogen) atoms. The van der Waals surface area contributed by atoms with Gasteiger partial charge < -0.3 is 15.4 Å². The highest BCUT2D eigenvalue weighted by Gasteiger charge is 2.23. The van der Waals surface area contributed by atoms with E-state index in [4.69, 9.17) is 4.74 Å². The molecule has 1 amide bonds. The van der Waals surface area contributed by atoms with Crippen molar-refractivity contribution in [3.05, 3.63) is 82.4 Å². The number of aromatic nitrogens is 5. The SMILES string of the molecule is COc1c(CNC=C(C)C)cc(NC(=O)c2ccc(C)c(-n3cc(-c4cnn(C)c4C)nn3)c2)cc1C(C)(C)C. The number of ether oxygens (including phenoxy) is 1. The Labute approximate surface area is 236 Å². The molecule has 0 saturated carbocycles. The Morgan fingerprint density at radius 3 is 2.50 bits per heavy atom. The van der Waals surface area contributed by atoms with Crippen molar-refractivity contribution in [3.63, 3.8) is 0 Å². The third kappa shape index (κ3) is 6.09. The molecule has 0 fully saturated rings. The maximum absolute atomic E-state index is 13.5. The van der Waals surface area contributed by atoms with Crippen molar-refractivity contribution in [1.82, 2.24) is 30.1 Å². The third-order valence-corrected chi connectivity index (χ3v) is 6.84. The second-order valence-corrected chi connectivity index (χ2v) is 11.3. The van der Waals surface area contributed by atoms with Crippen LogP contribution in [0.1, 0.15) is 67.4 Å². The van der Waals surface area contributed by atoms with Gasteiger partial charge in [0.15, 0.2) is 0 Å². The van der Waals surface area contributed by atoms with Crippen molar-refractivity contribution < 1.29 is 9.53 Å². The van der Waals surface area contributed by atoms with Crippen molar-refractivity contribution in [2.45, 2.75) is 60.4 Å². The second-order valence-electron chi connectivity index (χ2n) is 11.3. The van der Waals surface area contributed by atoms with Crippen LogP contribution in [0.3, 0.4) is 0 Å². The largest absolute Gasteiger partial charge is 0.496 e. The quantitative estimate of drug-likeness (QED) is 0.290. The number of hydrogen-bond donors (Lipinski definition) is 2. The molecule has 2 heterocycles. The zero-order valence-electron chi connectivity index (χ0n) is 24.9. The summed E-state index contributed by atoms with van der Waals surface area (Å²) in [5, 5.41) is 19.4. The monoisotopic (exact) mass is 541 g/mol. The minimum atomic E-state index is -0.210. The van der Waals surface area contributed by atoms with Crippen LogP contribution >= 0.6 is 0 Å². The van der Waals surface area contributed by atoms with E-state index in [1.54, 1.807) is 22.7 Å². The summed E-state index contributed by atoms with van der Waals surface area (Å²) in [5.41, 5.74) is 8.60. The van der Waals surface area contributed by atoms with E-state index in [1.165, 1.54) is 5.57 Å². The lowest BCUT2D eigenvalue weighted by Gasteiger charge is -2.25. The van der Waals surface area contributed by atoms with Gasteiger partial charge in [-0.3, -0.25) is 9.48 Å². The lowest BCUT2D eigenvalue weighted by molar-refractivity contribution is 0.102. The molecule has 4 rings (SSSR count). The summed E-state index contributed by atoms with van der Waals surface area (Å²) >= 11 is 0. The van der Waals surface area contributed by atoms with Crippen LogP contribution < -0.4 is 15.4 Å². The fraction of sp³-hybridized carbons (Fsp3) is 0.355. The smallest absolute Gasteiger partial charge is 0.255 e. The molecular weight excluding hydrogens is 502 g/mol. The van der Waals surface area contributed by atoms with Crippen molar-refractivity contribution in [1.29, 1.82) is 0 Å². The Hall–Kier alpha value is -4.40. The lowest BCUT2D eigenvalue weighted by atomic mass is 9.84. The Balaban J connectivity index is 1.65.